The summed E-state index contributed by atoms with van der Waals surface area (Å²) in [7, 11) is -1.84. The van der Waals surface area contributed by atoms with Gasteiger partial charge < -0.3 is 51.1 Å². The summed E-state index contributed by atoms with van der Waals surface area (Å²) >= 11 is 0. The Morgan fingerprint density at radius 3 is 2.08 bits per heavy atom. The van der Waals surface area contributed by atoms with Crippen LogP contribution in [-0.2, 0) is 24.5 Å². The van der Waals surface area contributed by atoms with Gasteiger partial charge in [0.2, 0.25) is 5.78 Å². The highest BCUT2D eigenvalue weighted by molar-refractivity contribution is 7.45. The molecule has 3 aliphatic carbocycles. The smallest absolute Gasteiger partial charge is 0.466 e. The van der Waals surface area contributed by atoms with E-state index in [4.69, 9.17) is 25.0 Å². The molecule has 1 fully saturated rings. The Labute approximate surface area is 214 Å². The molecule has 11 N–H and O–H groups in total. The van der Waals surface area contributed by atoms with Crippen molar-refractivity contribution in [3.05, 3.63) is 46.2 Å². The predicted octanol–water partition coefficient (Wildman–Crippen LogP) is -2.33. The minimum absolute atomic E-state index is 0.00664. The molecule has 0 radical (unpaired) electrons. The van der Waals surface area contributed by atoms with Crippen LogP contribution >= 0.6 is 7.82 Å². The van der Waals surface area contributed by atoms with Crippen molar-refractivity contribution in [2.45, 2.75) is 30.3 Å². The molecule has 1 aromatic carbocycles. The Bertz CT molecular complexity index is 1340. The van der Waals surface area contributed by atoms with E-state index in [2.05, 4.69) is 0 Å². The van der Waals surface area contributed by atoms with Crippen molar-refractivity contribution in [2.24, 2.45) is 17.6 Å². The lowest BCUT2D eigenvalue weighted by Gasteiger charge is -2.55. The number of amides is 1. The average Bonchev–Trinajstić information content (AvgIpc) is 2.75. The van der Waals surface area contributed by atoms with Crippen LogP contribution in [0.1, 0.15) is 18.1 Å². The topological polar surface area (TPSA) is 280 Å². The number of phenolic OH excluding ortho intramolecular Hbond substituents is 1. The van der Waals surface area contributed by atoms with E-state index in [-0.39, 0.29) is 11.1 Å². The van der Waals surface area contributed by atoms with Crippen molar-refractivity contribution in [3.8, 4) is 5.75 Å². The molecule has 3 aliphatic rings. The van der Waals surface area contributed by atoms with Crippen molar-refractivity contribution in [1.82, 2.24) is 4.90 Å². The molecule has 1 saturated carbocycles. The van der Waals surface area contributed by atoms with E-state index < -0.39 is 88.9 Å². The van der Waals surface area contributed by atoms with Gasteiger partial charge in [0.15, 0.2) is 11.4 Å². The Balaban J connectivity index is 0.000000732. The largest absolute Gasteiger partial charge is 0.508 e. The third-order valence-electron chi connectivity index (χ3n) is 7.03. The van der Waals surface area contributed by atoms with Crippen LogP contribution < -0.4 is 5.73 Å². The van der Waals surface area contributed by atoms with E-state index >= 15 is 0 Å². The zero-order valence-corrected chi connectivity index (χ0v) is 21.1. The number of carbonyl (C=O) groups excluding carboxylic acids is 3. The summed E-state index contributed by atoms with van der Waals surface area (Å²) in [5.74, 6) is -9.67. The van der Waals surface area contributed by atoms with Crippen molar-refractivity contribution in [1.29, 1.82) is 0 Å². The fraction of sp³-hybridized carbons (Fsp3) is 0.409. The van der Waals surface area contributed by atoms with Crippen LogP contribution in [0.2, 0.25) is 0 Å². The lowest BCUT2D eigenvalue weighted by Crippen LogP contribution is -2.71. The number of aromatic hydroxyl groups is 1. The number of hydrogen-bond acceptors (Lipinski definition) is 11. The highest BCUT2D eigenvalue weighted by Crippen LogP contribution is 2.57. The number of ketones is 2. The lowest BCUT2D eigenvalue weighted by atomic mass is 9.53. The average molecular weight is 558 g/mol. The van der Waals surface area contributed by atoms with Gasteiger partial charge in [0, 0.05) is 0 Å². The monoisotopic (exact) mass is 558 g/mol. The van der Waals surface area contributed by atoms with Gasteiger partial charge in [-0.15, -0.1) is 0 Å². The van der Waals surface area contributed by atoms with Crippen molar-refractivity contribution < 1.29 is 64.3 Å². The highest BCUT2D eigenvalue weighted by Gasteiger charge is 2.70. The number of nitrogens with two attached hydrogens (primary N) is 1. The van der Waals surface area contributed by atoms with Gasteiger partial charge >= 0.3 is 7.82 Å². The summed E-state index contributed by atoms with van der Waals surface area (Å²) < 4.78 is 8.88. The molecule has 0 aromatic heterocycles. The van der Waals surface area contributed by atoms with Gasteiger partial charge in [-0.2, -0.15) is 0 Å². The van der Waals surface area contributed by atoms with E-state index in [1.165, 1.54) is 44.1 Å². The SMILES string of the molecule is CN(C)[C@@H]1C(=O)C(C(N)=O)=C(O)[C@@]2(O)C(=O)C3=C(O)c4c(O)cccc4[C@@](C)(O)[C@H]3[C@H](O)[C@@H]12.O=P(O)(O)O. The first-order valence-electron chi connectivity index (χ1n) is 10.9. The van der Waals surface area contributed by atoms with Crippen LogP contribution in [0, 0.1) is 11.8 Å². The molecule has 0 spiro atoms. The van der Waals surface area contributed by atoms with Gasteiger partial charge in [0.1, 0.15) is 22.8 Å². The molecule has 38 heavy (non-hydrogen) atoms. The van der Waals surface area contributed by atoms with Gasteiger partial charge in [-0.05, 0) is 32.6 Å². The molecule has 0 saturated heterocycles. The number of aliphatic hydroxyl groups excluding tert-OH is 3. The Hall–Kier alpha value is -3.14. The Morgan fingerprint density at radius 1 is 1.08 bits per heavy atom. The van der Waals surface area contributed by atoms with Crippen molar-refractivity contribution >= 4 is 31.1 Å². The number of carbonyl (C=O) groups is 3. The number of nitrogens with zero attached hydrogens (tertiary/aromatic N) is 1. The summed E-state index contributed by atoms with van der Waals surface area (Å²) in [6.45, 7) is 1.25. The summed E-state index contributed by atoms with van der Waals surface area (Å²) in [5, 5.41) is 66.3. The van der Waals surface area contributed by atoms with E-state index in [0.29, 0.717) is 0 Å². The summed E-state index contributed by atoms with van der Waals surface area (Å²) in [4.78, 5) is 61.5. The number of likely N-dealkylation sites (N-methyl/N-ethyl adjacent to an activating group) is 1. The normalized spacial score (nSPS) is 32.8. The first kappa shape index (κ1) is 29.4. The molecule has 1 amide bonds. The molecule has 0 unspecified atom stereocenters. The molecule has 0 bridgehead atoms. The van der Waals surface area contributed by atoms with Gasteiger partial charge in [0.05, 0.1) is 40.7 Å². The quantitative estimate of drug-likeness (QED) is 0.135. The number of rotatable bonds is 2. The predicted molar refractivity (Wildman–Crippen MR) is 126 cm³/mol. The number of aliphatic hydroxyl groups is 5. The van der Waals surface area contributed by atoms with Crippen LogP contribution in [0.5, 0.6) is 5.75 Å². The second kappa shape index (κ2) is 9.25. The molecular formula is C22H27N2O13P. The molecule has 6 atom stereocenters. The lowest BCUT2D eigenvalue weighted by molar-refractivity contribution is -0.181. The maximum absolute atomic E-state index is 13.7. The zero-order valence-electron chi connectivity index (χ0n) is 20.2. The highest BCUT2D eigenvalue weighted by atomic mass is 31.2. The number of primary amides is 1. The fourth-order valence-corrected chi connectivity index (χ4v) is 5.60. The summed E-state index contributed by atoms with van der Waals surface area (Å²) in [6, 6.07) is 2.50. The fourth-order valence-electron chi connectivity index (χ4n) is 5.60. The van der Waals surface area contributed by atoms with Crippen LogP contribution in [0.3, 0.4) is 0 Å². The Kier molecular flexibility index (Phi) is 7.16. The first-order valence-corrected chi connectivity index (χ1v) is 12.4. The number of hydrogen-bond donors (Lipinski definition) is 10. The Morgan fingerprint density at radius 2 is 1.61 bits per heavy atom. The molecule has 4 rings (SSSR count). The van der Waals surface area contributed by atoms with Gasteiger partial charge in [-0.1, -0.05) is 12.1 Å². The second-order valence-electron chi connectivity index (χ2n) is 9.57. The molecule has 0 heterocycles. The van der Waals surface area contributed by atoms with Crippen LogP contribution in [0.15, 0.2) is 35.1 Å². The zero-order chi connectivity index (χ0) is 29.3. The summed E-state index contributed by atoms with van der Waals surface area (Å²) in [5.41, 5.74) is -1.78. The van der Waals surface area contributed by atoms with Gasteiger partial charge in [0.25, 0.3) is 5.91 Å². The van der Waals surface area contributed by atoms with Crippen molar-refractivity contribution in [3.63, 3.8) is 0 Å². The second-order valence-corrected chi connectivity index (χ2v) is 10.6. The number of Topliss-reactive ketones (excluding diaryl/α,β-unsaturated/α-hetero) is 2. The van der Waals surface area contributed by atoms with E-state index in [9.17, 15) is 45.0 Å². The molecule has 16 heteroatoms. The number of phosphoric acid groups is 1. The van der Waals surface area contributed by atoms with E-state index in [0.717, 1.165) is 0 Å². The molecule has 208 valence electrons. The van der Waals surface area contributed by atoms with Crippen LogP contribution in [0.4, 0.5) is 0 Å². The number of benzene rings is 1. The minimum Gasteiger partial charge on any atom is -0.508 e. The van der Waals surface area contributed by atoms with Gasteiger partial charge in [-0.3, -0.25) is 19.3 Å². The maximum Gasteiger partial charge on any atom is 0.466 e. The minimum atomic E-state index is -4.64. The van der Waals surface area contributed by atoms with E-state index in [1.807, 2.05) is 0 Å². The molecular weight excluding hydrogens is 531 g/mol. The third kappa shape index (κ3) is 4.22. The van der Waals surface area contributed by atoms with Gasteiger partial charge in [-0.25, -0.2) is 4.57 Å². The van der Waals surface area contributed by atoms with Crippen molar-refractivity contribution in [2.75, 3.05) is 14.1 Å². The molecule has 15 nitrogen and oxygen atoms in total. The van der Waals surface area contributed by atoms with E-state index in [1.54, 1.807) is 0 Å². The van der Waals surface area contributed by atoms with Crippen LogP contribution in [0.25, 0.3) is 5.76 Å². The molecule has 0 aliphatic heterocycles. The van der Waals surface area contributed by atoms with Crippen LogP contribution in [-0.4, -0.2) is 99.5 Å². The number of phenols is 1. The third-order valence-corrected chi connectivity index (χ3v) is 7.03. The maximum atomic E-state index is 13.7. The first-order chi connectivity index (χ1) is 17.2. The number of fused-ring (bicyclic) bond motifs is 3. The molecule has 1 aromatic rings. The summed E-state index contributed by atoms with van der Waals surface area (Å²) in [6.07, 6.45) is -1.87. The standard InChI is InChI=1S/C22H24N2O9.H3O4P/c1-21(32)7-5-4-6-8(25)9(7)15(26)10-12(21)17(28)13-14(24(2)3)16(27)11(20(23)31)19(30)22(13,33)18(10)29;1-5(2,3)4/h4-6,12-14,17,25-26,28,30,32-33H,1-3H3,(H2,23,31);(H3,1,2,3,4)/t12-,13-,14+,17+,21-,22+;/m1./s1.